The van der Waals surface area contributed by atoms with Crippen molar-refractivity contribution in [2.45, 2.75) is 26.2 Å². The molecule has 1 aromatic carbocycles. The molecule has 4 rings (SSSR count). The number of aromatic nitrogens is 2. The number of benzene rings is 1. The van der Waals surface area contributed by atoms with Crippen LogP contribution in [0, 0.1) is 12.8 Å². The van der Waals surface area contributed by atoms with Crippen LogP contribution in [0.5, 0.6) is 11.5 Å². The van der Waals surface area contributed by atoms with E-state index in [0.717, 1.165) is 42.1 Å². The second-order valence-corrected chi connectivity index (χ2v) is 7.19. The van der Waals surface area contributed by atoms with Gasteiger partial charge in [0.15, 0.2) is 0 Å². The van der Waals surface area contributed by atoms with Crippen molar-refractivity contribution in [2.75, 3.05) is 20.3 Å². The van der Waals surface area contributed by atoms with Gasteiger partial charge in [-0.25, -0.2) is 4.98 Å². The van der Waals surface area contributed by atoms with Gasteiger partial charge in [0.2, 0.25) is 5.91 Å². The first kappa shape index (κ1) is 18.3. The quantitative estimate of drug-likeness (QED) is 0.669. The zero-order valence-corrected chi connectivity index (χ0v) is 16.3. The molecule has 0 aliphatic heterocycles. The summed E-state index contributed by atoms with van der Waals surface area (Å²) in [6, 6.07) is 11.5. The van der Waals surface area contributed by atoms with E-state index in [9.17, 15) is 4.79 Å². The van der Waals surface area contributed by atoms with Crippen LogP contribution in [0.1, 0.15) is 23.4 Å². The summed E-state index contributed by atoms with van der Waals surface area (Å²) in [6.45, 7) is 2.99. The maximum absolute atomic E-state index is 12.6. The smallest absolute Gasteiger partial charge is 0.223 e. The Morgan fingerprint density at radius 2 is 2.00 bits per heavy atom. The van der Waals surface area contributed by atoms with Crippen molar-refractivity contribution in [3.05, 3.63) is 59.5 Å². The number of hydrogen-bond donors (Lipinski definition) is 1. The molecule has 6 nitrogen and oxygen atoms in total. The lowest BCUT2D eigenvalue weighted by molar-refractivity contribution is -0.125. The van der Waals surface area contributed by atoms with Crippen LogP contribution in [-0.4, -0.2) is 35.6 Å². The number of fused-ring (bicyclic) bond motifs is 3. The molecule has 0 saturated carbocycles. The lowest BCUT2D eigenvalue weighted by Crippen LogP contribution is -2.36. The summed E-state index contributed by atoms with van der Waals surface area (Å²) < 4.78 is 12.9. The highest BCUT2D eigenvalue weighted by Crippen LogP contribution is 2.27. The van der Waals surface area contributed by atoms with Crippen LogP contribution in [0.15, 0.2) is 42.6 Å². The first-order valence-electron chi connectivity index (χ1n) is 9.65. The van der Waals surface area contributed by atoms with Crippen molar-refractivity contribution < 1.29 is 14.3 Å². The standard InChI is InChI=1S/C22H25N3O3/c1-15-3-10-21-24-19-9-4-16(13-20(19)25(21)14-15)22(26)23-11-12-28-18-7-5-17(27-2)6-8-18/h3,5-8,10,14,16H,4,9,11-13H2,1-2H3,(H,23,26). The van der Waals surface area contributed by atoms with Crippen molar-refractivity contribution in [1.82, 2.24) is 14.7 Å². The SMILES string of the molecule is COc1ccc(OCCNC(=O)C2CCc3nc4ccc(C)cn4c3C2)cc1. The Balaban J connectivity index is 1.31. The number of ether oxygens (including phenoxy) is 2. The topological polar surface area (TPSA) is 64.9 Å². The number of imidazole rings is 1. The molecule has 1 atom stereocenters. The summed E-state index contributed by atoms with van der Waals surface area (Å²) in [4.78, 5) is 17.3. The number of aryl methyl sites for hydroxylation is 2. The number of carbonyl (C=O) groups is 1. The Hall–Kier alpha value is -3.02. The Morgan fingerprint density at radius 1 is 1.21 bits per heavy atom. The molecular formula is C22H25N3O3. The van der Waals surface area contributed by atoms with E-state index in [4.69, 9.17) is 14.5 Å². The summed E-state index contributed by atoms with van der Waals surface area (Å²) >= 11 is 0. The van der Waals surface area contributed by atoms with Gasteiger partial charge in [-0.15, -0.1) is 0 Å². The van der Waals surface area contributed by atoms with E-state index < -0.39 is 0 Å². The number of amides is 1. The van der Waals surface area contributed by atoms with Gasteiger partial charge in [0.05, 0.1) is 19.3 Å². The molecular weight excluding hydrogens is 354 g/mol. The fraction of sp³-hybridized carbons (Fsp3) is 0.364. The number of nitrogens with one attached hydrogen (secondary N) is 1. The molecule has 146 valence electrons. The summed E-state index contributed by atoms with van der Waals surface area (Å²) in [5.74, 6) is 1.62. The van der Waals surface area contributed by atoms with Gasteiger partial charge in [-0.3, -0.25) is 4.79 Å². The maximum atomic E-state index is 12.6. The number of pyridine rings is 1. The molecule has 0 radical (unpaired) electrons. The molecule has 1 aliphatic carbocycles. The summed E-state index contributed by atoms with van der Waals surface area (Å²) in [5.41, 5.74) is 4.44. The molecule has 1 aliphatic rings. The van der Waals surface area contributed by atoms with Gasteiger partial charge in [-0.2, -0.15) is 0 Å². The Kier molecular flexibility index (Phi) is 5.19. The number of carbonyl (C=O) groups excluding carboxylic acids is 1. The predicted octanol–water partition coefficient (Wildman–Crippen LogP) is 2.95. The number of hydrogen-bond acceptors (Lipinski definition) is 4. The van der Waals surface area contributed by atoms with Crippen LogP contribution in [0.2, 0.25) is 0 Å². The summed E-state index contributed by atoms with van der Waals surface area (Å²) in [7, 11) is 1.63. The fourth-order valence-corrected chi connectivity index (χ4v) is 3.69. The zero-order chi connectivity index (χ0) is 19.5. The summed E-state index contributed by atoms with van der Waals surface area (Å²) in [6.07, 6.45) is 4.51. The Morgan fingerprint density at radius 3 is 2.79 bits per heavy atom. The second-order valence-electron chi connectivity index (χ2n) is 7.19. The highest BCUT2D eigenvalue weighted by atomic mass is 16.5. The van der Waals surface area contributed by atoms with Crippen molar-refractivity contribution in [1.29, 1.82) is 0 Å². The third-order valence-corrected chi connectivity index (χ3v) is 5.22. The van der Waals surface area contributed by atoms with Crippen molar-refractivity contribution in [3.8, 4) is 11.5 Å². The highest BCUT2D eigenvalue weighted by Gasteiger charge is 2.27. The maximum Gasteiger partial charge on any atom is 0.223 e. The van der Waals surface area contributed by atoms with Gasteiger partial charge < -0.3 is 19.2 Å². The molecule has 0 bridgehead atoms. The van der Waals surface area contributed by atoms with Gasteiger partial charge in [-0.1, -0.05) is 6.07 Å². The molecule has 1 N–H and O–H groups in total. The Bertz CT molecular complexity index is 979. The minimum atomic E-state index is -0.0195. The monoisotopic (exact) mass is 379 g/mol. The molecule has 1 unspecified atom stereocenters. The first-order valence-corrected chi connectivity index (χ1v) is 9.65. The largest absolute Gasteiger partial charge is 0.497 e. The zero-order valence-electron chi connectivity index (χ0n) is 16.3. The lowest BCUT2D eigenvalue weighted by Gasteiger charge is -2.21. The predicted molar refractivity (Wildman–Crippen MR) is 107 cm³/mol. The normalized spacial score (nSPS) is 15.9. The van der Waals surface area contributed by atoms with E-state index in [-0.39, 0.29) is 11.8 Å². The molecule has 2 aromatic heterocycles. The van der Waals surface area contributed by atoms with Crippen LogP contribution >= 0.6 is 0 Å². The molecule has 1 amide bonds. The van der Waals surface area contributed by atoms with E-state index in [1.807, 2.05) is 30.3 Å². The molecule has 0 saturated heterocycles. The van der Waals surface area contributed by atoms with E-state index in [2.05, 4.69) is 28.9 Å². The number of rotatable bonds is 6. The van der Waals surface area contributed by atoms with Crippen LogP contribution in [0.4, 0.5) is 0 Å². The lowest BCUT2D eigenvalue weighted by atomic mass is 9.89. The van der Waals surface area contributed by atoms with Gasteiger partial charge in [0.1, 0.15) is 23.8 Å². The van der Waals surface area contributed by atoms with Gasteiger partial charge >= 0.3 is 0 Å². The van der Waals surface area contributed by atoms with Gasteiger partial charge in [0, 0.05) is 24.2 Å². The van der Waals surface area contributed by atoms with Crippen molar-refractivity contribution >= 4 is 11.6 Å². The van der Waals surface area contributed by atoms with E-state index in [1.165, 1.54) is 11.3 Å². The minimum absolute atomic E-state index is 0.0195. The molecule has 0 spiro atoms. The van der Waals surface area contributed by atoms with Crippen LogP contribution in [-0.2, 0) is 17.6 Å². The molecule has 0 fully saturated rings. The van der Waals surface area contributed by atoms with Crippen LogP contribution in [0.25, 0.3) is 5.65 Å². The molecule has 2 heterocycles. The number of nitrogens with zero attached hydrogens (tertiary/aromatic N) is 2. The Labute approximate surface area is 164 Å². The van der Waals surface area contributed by atoms with Crippen LogP contribution in [0.3, 0.4) is 0 Å². The van der Waals surface area contributed by atoms with Crippen LogP contribution < -0.4 is 14.8 Å². The third-order valence-electron chi connectivity index (χ3n) is 5.22. The average Bonchev–Trinajstić information content (AvgIpc) is 3.08. The van der Waals surface area contributed by atoms with E-state index in [1.54, 1.807) is 7.11 Å². The fourth-order valence-electron chi connectivity index (χ4n) is 3.69. The van der Waals surface area contributed by atoms with Gasteiger partial charge in [0.25, 0.3) is 0 Å². The van der Waals surface area contributed by atoms with Crippen molar-refractivity contribution in [3.63, 3.8) is 0 Å². The second kappa shape index (κ2) is 7.92. The van der Waals surface area contributed by atoms with E-state index >= 15 is 0 Å². The molecule has 6 heteroatoms. The molecule has 3 aromatic rings. The third kappa shape index (κ3) is 3.81. The van der Waals surface area contributed by atoms with Crippen molar-refractivity contribution in [2.24, 2.45) is 5.92 Å². The average molecular weight is 379 g/mol. The van der Waals surface area contributed by atoms with Gasteiger partial charge in [-0.05, 0) is 55.7 Å². The first-order chi connectivity index (χ1) is 13.6. The van der Waals surface area contributed by atoms with E-state index in [0.29, 0.717) is 13.2 Å². The minimum Gasteiger partial charge on any atom is -0.497 e. The number of methoxy groups -OCH3 is 1. The highest BCUT2D eigenvalue weighted by molar-refractivity contribution is 5.79. The summed E-state index contributed by atoms with van der Waals surface area (Å²) in [5, 5.41) is 3.01. The molecule has 28 heavy (non-hydrogen) atoms.